The zero-order chi connectivity index (χ0) is 13.4. The van der Waals surface area contributed by atoms with E-state index >= 15 is 0 Å². The average molecular weight is 249 g/mol. The molecule has 1 aromatic rings. The Kier molecular flexibility index (Phi) is 6.44. The van der Waals surface area contributed by atoms with Gasteiger partial charge in [0.2, 0.25) is 0 Å². The molecule has 1 rings (SSSR count). The third-order valence-corrected chi connectivity index (χ3v) is 2.55. The third kappa shape index (κ3) is 5.32. The lowest BCUT2D eigenvalue weighted by molar-refractivity contribution is -0.146. The molecule has 0 radical (unpaired) electrons. The van der Waals surface area contributed by atoms with E-state index in [1.165, 1.54) is 0 Å². The molecule has 3 nitrogen and oxygen atoms in total. The molecule has 0 saturated heterocycles. The fraction of sp³-hybridized carbons (Fsp3) is 0.533. The van der Waals surface area contributed by atoms with E-state index in [1.54, 1.807) is 0 Å². The minimum Gasteiger partial charge on any atom is -0.465 e. The highest BCUT2D eigenvalue weighted by Crippen LogP contribution is 2.05. The van der Waals surface area contributed by atoms with Crippen LogP contribution < -0.4 is 5.32 Å². The highest BCUT2D eigenvalue weighted by Gasteiger charge is 2.20. The van der Waals surface area contributed by atoms with Crippen LogP contribution in [0.3, 0.4) is 0 Å². The van der Waals surface area contributed by atoms with Crippen LogP contribution in [0.5, 0.6) is 0 Å². The van der Waals surface area contributed by atoms with Gasteiger partial charge in [0.25, 0.3) is 0 Å². The van der Waals surface area contributed by atoms with Gasteiger partial charge in [-0.05, 0) is 18.4 Å². The molecular formula is C15H23NO2. The molecule has 18 heavy (non-hydrogen) atoms. The van der Waals surface area contributed by atoms with Crippen LogP contribution in [0.2, 0.25) is 0 Å². The second-order valence-corrected chi connectivity index (χ2v) is 4.73. The molecule has 0 aliphatic carbocycles. The SMILES string of the molecule is CCCOC(=O)C(Cc1ccccc1)NC(C)C. The normalized spacial score (nSPS) is 12.4. The van der Waals surface area contributed by atoms with Crippen molar-refractivity contribution in [2.45, 2.75) is 45.7 Å². The molecule has 0 amide bonds. The number of ether oxygens (including phenoxy) is 1. The first-order chi connectivity index (χ1) is 8.63. The standard InChI is InChI=1S/C15H23NO2/c1-4-10-18-15(17)14(16-12(2)3)11-13-8-6-5-7-9-13/h5-9,12,14,16H,4,10-11H2,1-3H3. The summed E-state index contributed by atoms with van der Waals surface area (Å²) in [5, 5.41) is 3.26. The van der Waals surface area contributed by atoms with Gasteiger partial charge in [-0.2, -0.15) is 0 Å². The Morgan fingerprint density at radius 1 is 1.28 bits per heavy atom. The highest BCUT2D eigenvalue weighted by molar-refractivity contribution is 5.76. The molecule has 1 atom stereocenters. The molecule has 1 N–H and O–H groups in total. The lowest BCUT2D eigenvalue weighted by atomic mass is 10.1. The lowest BCUT2D eigenvalue weighted by Crippen LogP contribution is -2.43. The second-order valence-electron chi connectivity index (χ2n) is 4.73. The maximum absolute atomic E-state index is 12.0. The Morgan fingerprint density at radius 2 is 1.94 bits per heavy atom. The van der Waals surface area contributed by atoms with Gasteiger partial charge in [-0.15, -0.1) is 0 Å². The zero-order valence-corrected chi connectivity index (χ0v) is 11.5. The van der Waals surface area contributed by atoms with Crippen molar-refractivity contribution in [2.24, 2.45) is 0 Å². The molecule has 1 unspecified atom stereocenters. The molecule has 0 heterocycles. The zero-order valence-electron chi connectivity index (χ0n) is 11.5. The van der Waals surface area contributed by atoms with Crippen molar-refractivity contribution in [2.75, 3.05) is 6.61 Å². The number of esters is 1. The molecular weight excluding hydrogens is 226 g/mol. The van der Waals surface area contributed by atoms with Crippen molar-refractivity contribution in [3.05, 3.63) is 35.9 Å². The van der Waals surface area contributed by atoms with E-state index in [2.05, 4.69) is 5.32 Å². The number of carbonyl (C=O) groups excluding carboxylic acids is 1. The summed E-state index contributed by atoms with van der Waals surface area (Å²) >= 11 is 0. The Morgan fingerprint density at radius 3 is 2.50 bits per heavy atom. The molecule has 1 aromatic carbocycles. The Bertz CT molecular complexity index is 349. The summed E-state index contributed by atoms with van der Waals surface area (Å²) in [6.07, 6.45) is 1.52. The topological polar surface area (TPSA) is 38.3 Å². The fourth-order valence-electron chi connectivity index (χ4n) is 1.77. The van der Waals surface area contributed by atoms with Gasteiger partial charge in [0.05, 0.1) is 6.61 Å². The minimum atomic E-state index is -0.265. The molecule has 0 saturated carbocycles. The summed E-state index contributed by atoms with van der Waals surface area (Å²) in [4.78, 5) is 12.0. The summed E-state index contributed by atoms with van der Waals surface area (Å²) < 4.78 is 5.22. The van der Waals surface area contributed by atoms with Crippen molar-refractivity contribution in [1.29, 1.82) is 0 Å². The first kappa shape index (κ1) is 14.7. The van der Waals surface area contributed by atoms with Crippen molar-refractivity contribution in [1.82, 2.24) is 5.32 Å². The van der Waals surface area contributed by atoms with Crippen LogP contribution in [0, 0.1) is 0 Å². The fourth-order valence-corrected chi connectivity index (χ4v) is 1.77. The number of nitrogens with one attached hydrogen (secondary N) is 1. The summed E-state index contributed by atoms with van der Waals surface area (Å²) in [7, 11) is 0. The molecule has 0 bridgehead atoms. The summed E-state index contributed by atoms with van der Waals surface area (Å²) in [5.41, 5.74) is 1.14. The molecule has 0 aliphatic heterocycles. The van der Waals surface area contributed by atoms with E-state index in [1.807, 2.05) is 51.1 Å². The molecule has 3 heteroatoms. The Labute approximate surface area is 110 Å². The molecule has 0 spiro atoms. The minimum absolute atomic E-state index is 0.158. The number of benzene rings is 1. The highest BCUT2D eigenvalue weighted by atomic mass is 16.5. The number of hydrogen-bond donors (Lipinski definition) is 1. The first-order valence-electron chi connectivity index (χ1n) is 6.60. The molecule has 0 fully saturated rings. The van der Waals surface area contributed by atoms with Gasteiger partial charge in [0, 0.05) is 6.04 Å². The van der Waals surface area contributed by atoms with Crippen LogP contribution in [-0.2, 0) is 16.0 Å². The van der Waals surface area contributed by atoms with Crippen LogP contribution in [0.25, 0.3) is 0 Å². The predicted octanol–water partition coefficient (Wildman–Crippen LogP) is 2.55. The van der Waals surface area contributed by atoms with E-state index in [4.69, 9.17) is 4.74 Å². The molecule has 0 aromatic heterocycles. The van der Waals surface area contributed by atoms with Crippen LogP contribution in [0.4, 0.5) is 0 Å². The van der Waals surface area contributed by atoms with E-state index < -0.39 is 0 Å². The third-order valence-electron chi connectivity index (χ3n) is 2.55. The summed E-state index contributed by atoms with van der Waals surface area (Å²) in [6.45, 7) is 6.55. The van der Waals surface area contributed by atoms with E-state index in [9.17, 15) is 4.79 Å². The van der Waals surface area contributed by atoms with Crippen molar-refractivity contribution in [3.63, 3.8) is 0 Å². The van der Waals surface area contributed by atoms with Gasteiger partial charge in [0.1, 0.15) is 6.04 Å². The van der Waals surface area contributed by atoms with Crippen LogP contribution in [0.15, 0.2) is 30.3 Å². The van der Waals surface area contributed by atoms with Gasteiger partial charge in [0.15, 0.2) is 0 Å². The largest absolute Gasteiger partial charge is 0.465 e. The monoisotopic (exact) mass is 249 g/mol. The van der Waals surface area contributed by atoms with Crippen LogP contribution >= 0.6 is 0 Å². The number of rotatable bonds is 7. The quantitative estimate of drug-likeness (QED) is 0.755. The number of hydrogen-bond acceptors (Lipinski definition) is 3. The van der Waals surface area contributed by atoms with Crippen molar-refractivity contribution < 1.29 is 9.53 Å². The first-order valence-corrected chi connectivity index (χ1v) is 6.60. The van der Waals surface area contributed by atoms with Crippen LogP contribution in [0.1, 0.15) is 32.8 Å². The maximum atomic E-state index is 12.0. The van der Waals surface area contributed by atoms with Gasteiger partial charge < -0.3 is 10.1 Å². The van der Waals surface area contributed by atoms with E-state index in [0.29, 0.717) is 13.0 Å². The smallest absolute Gasteiger partial charge is 0.323 e. The molecule has 0 aliphatic rings. The predicted molar refractivity (Wildman–Crippen MR) is 73.5 cm³/mol. The van der Waals surface area contributed by atoms with Gasteiger partial charge in [-0.25, -0.2) is 0 Å². The Hall–Kier alpha value is -1.35. The Balaban J connectivity index is 2.63. The lowest BCUT2D eigenvalue weighted by Gasteiger charge is -2.20. The van der Waals surface area contributed by atoms with Gasteiger partial charge >= 0.3 is 5.97 Å². The maximum Gasteiger partial charge on any atom is 0.323 e. The second kappa shape index (κ2) is 7.88. The van der Waals surface area contributed by atoms with Crippen molar-refractivity contribution >= 4 is 5.97 Å². The van der Waals surface area contributed by atoms with Crippen LogP contribution in [-0.4, -0.2) is 24.7 Å². The van der Waals surface area contributed by atoms with Crippen molar-refractivity contribution in [3.8, 4) is 0 Å². The summed E-state index contributed by atoms with van der Waals surface area (Å²) in [5.74, 6) is -0.158. The van der Waals surface area contributed by atoms with Gasteiger partial charge in [-0.3, -0.25) is 4.79 Å². The van der Waals surface area contributed by atoms with E-state index in [-0.39, 0.29) is 18.1 Å². The number of carbonyl (C=O) groups is 1. The van der Waals surface area contributed by atoms with Gasteiger partial charge in [-0.1, -0.05) is 51.1 Å². The van der Waals surface area contributed by atoms with E-state index in [0.717, 1.165) is 12.0 Å². The molecule has 100 valence electrons. The average Bonchev–Trinajstić information content (AvgIpc) is 2.36. The summed E-state index contributed by atoms with van der Waals surface area (Å²) in [6, 6.07) is 10.00.